The van der Waals surface area contributed by atoms with Crippen LogP contribution in [0, 0.1) is 5.92 Å². The van der Waals surface area contributed by atoms with Crippen molar-refractivity contribution in [2.24, 2.45) is 11.7 Å². The molecule has 1 heterocycles. The Hall–Kier alpha value is -0.810. The van der Waals surface area contributed by atoms with Gasteiger partial charge in [-0.2, -0.15) is 0 Å². The first-order chi connectivity index (χ1) is 8.16. The van der Waals surface area contributed by atoms with Crippen LogP contribution in [0.4, 0.5) is 4.79 Å². The molecule has 5 heteroatoms. The van der Waals surface area contributed by atoms with E-state index in [-0.39, 0.29) is 24.3 Å². The lowest BCUT2D eigenvalue weighted by Gasteiger charge is -2.33. The predicted molar refractivity (Wildman–Crippen MR) is 63.4 cm³/mol. The van der Waals surface area contributed by atoms with Gasteiger partial charge in [0.25, 0.3) is 0 Å². The first-order valence-electron chi connectivity index (χ1n) is 6.55. The van der Waals surface area contributed by atoms with Crippen LogP contribution < -0.4 is 11.1 Å². The summed E-state index contributed by atoms with van der Waals surface area (Å²) in [5, 5.41) is 12.3. The third-order valence-corrected chi connectivity index (χ3v) is 3.91. The van der Waals surface area contributed by atoms with Gasteiger partial charge in [0.2, 0.25) is 0 Å². The summed E-state index contributed by atoms with van der Waals surface area (Å²) >= 11 is 0. The minimum absolute atomic E-state index is 0.0206. The van der Waals surface area contributed by atoms with Crippen LogP contribution in [0.5, 0.6) is 0 Å². The molecule has 98 valence electrons. The number of ether oxygens (including phenoxy) is 1. The van der Waals surface area contributed by atoms with Crippen LogP contribution >= 0.6 is 0 Å². The third-order valence-electron chi connectivity index (χ3n) is 3.91. The number of aliphatic hydroxyl groups excluding tert-OH is 1. The number of alkyl carbamates (subject to hydrolysis) is 1. The lowest BCUT2D eigenvalue weighted by atomic mass is 9.80. The summed E-state index contributed by atoms with van der Waals surface area (Å²) in [6.45, 7) is 0.623. The quantitative estimate of drug-likeness (QED) is 0.679. The number of aliphatic hydroxyl groups is 1. The van der Waals surface area contributed by atoms with E-state index in [4.69, 9.17) is 10.5 Å². The molecular weight excluding hydrogens is 220 g/mol. The Morgan fingerprint density at radius 1 is 1.41 bits per heavy atom. The van der Waals surface area contributed by atoms with E-state index in [0.29, 0.717) is 12.5 Å². The maximum Gasteiger partial charge on any atom is 0.407 e. The second-order valence-electron chi connectivity index (χ2n) is 5.17. The summed E-state index contributed by atoms with van der Waals surface area (Å²) in [6, 6.07) is -0.0759. The van der Waals surface area contributed by atoms with Crippen molar-refractivity contribution in [2.45, 2.75) is 56.8 Å². The van der Waals surface area contributed by atoms with Crippen molar-refractivity contribution in [1.82, 2.24) is 5.32 Å². The van der Waals surface area contributed by atoms with Gasteiger partial charge in [0.15, 0.2) is 0 Å². The number of amides is 1. The van der Waals surface area contributed by atoms with Crippen molar-refractivity contribution in [1.29, 1.82) is 0 Å². The van der Waals surface area contributed by atoms with Crippen LogP contribution in [0.3, 0.4) is 0 Å². The Bertz CT molecular complexity index is 272. The van der Waals surface area contributed by atoms with E-state index in [9.17, 15) is 9.90 Å². The monoisotopic (exact) mass is 242 g/mol. The summed E-state index contributed by atoms with van der Waals surface area (Å²) in [6.07, 6.45) is 5.31. The summed E-state index contributed by atoms with van der Waals surface area (Å²) < 4.78 is 5.07. The molecule has 0 aromatic carbocycles. The molecule has 0 bridgehead atoms. The summed E-state index contributed by atoms with van der Waals surface area (Å²) in [5.41, 5.74) is 5.99. The lowest BCUT2D eigenvalue weighted by Crippen LogP contribution is -2.44. The minimum atomic E-state index is -0.334. The maximum absolute atomic E-state index is 10.8. The molecule has 0 radical (unpaired) electrons. The van der Waals surface area contributed by atoms with E-state index >= 15 is 0 Å². The molecule has 4 atom stereocenters. The van der Waals surface area contributed by atoms with Gasteiger partial charge in [-0.15, -0.1) is 0 Å². The van der Waals surface area contributed by atoms with Crippen molar-refractivity contribution < 1.29 is 14.6 Å². The molecular formula is C12H22N2O3. The second kappa shape index (κ2) is 5.69. The SMILES string of the molecule is NC1C(O)CCCC1CCCC1CNC(=O)O1. The van der Waals surface area contributed by atoms with Gasteiger partial charge in [-0.3, -0.25) is 0 Å². The highest BCUT2D eigenvalue weighted by molar-refractivity contribution is 5.69. The van der Waals surface area contributed by atoms with Crippen molar-refractivity contribution in [3.05, 3.63) is 0 Å². The Kier molecular flexibility index (Phi) is 4.23. The van der Waals surface area contributed by atoms with E-state index in [1.54, 1.807) is 0 Å². The molecule has 0 spiro atoms. The average molecular weight is 242 g/mol. The number of hydrogen-bond acceptors (Lipinski definition) is 4. The van der Waals surface area contributed by atoms with Gasteiger partial charge in [0, 0.05) is 6.04 Å². The standard InChI is InChI=1S/C12H22N2O3/c13-11-8(4-2-6-10(11)15)3-1-5-9-7-14-12(16)17-9/h8-11,15H,1-7,13H2,(H,14,16). The van der Waals surface area contributed by atoms with Gasteiger partial charge in [0.1, 0.15) is 6.10 Å². The molecule has 0 aromatic heterocycles. The molecule has 4 N–H and O–H groups in total. The van der Waals surface area contributed by atoms with Crippen LogP contribution in [0.1, 0.15) is 38.5 Å². The first-order valence-corrected chi connectivity index (χ1v) is 6.55. The molecule has 1 saturated heterocycles. The van der Waals surface area contributed by atoms with Crippen molar-refractivity contribution in [2.75, 3.05) is 6.54 Å². The van der Waals surface area contributed by atoms with Gasteiger partial charge >= 0.3 is 6.09 Å². The van der Waals surface area contributed by atoms with Gasteiger partial charge in [-0.05, 0) is 38.0 Å². The summed E-state index contributed by atoms with van der Waals surface area (Å²) in [4.78, 5) is 10.8. The third kappa shape index (κ3) is 3.33. The highest BCUT2D eigenvalue weighted by Crippen LogP contribution is 2.28. The van der Waals surface area contributed by atoms with E-state index in [1.165, 1.54) is 0 Å². The number of carbonyl (C=O) groups is 1. The number of rotatable bonds is 4. The fourth-order valence-electron chi connectivity index (χ4n) is 2.83. The molecule has 2 fully saturated rings. The molecule has 0 aromatic rings. The molecule has 5 nitrogen and oxygen atoms in total. The molecule has 2 rings (SSSR count). The lowest BCUT2D eigenvalue weighted by molar-refractivity contribution is 0.0707. The van der Waals surface area contributed by atoms with Crippen LogP contribution in [0.25, 0.3) is 0 Å². The summed E-state index contributed by atoms with van der Waals surface area (Å²) in [5.74, 6) is 0.420. The van der Waals surface area contributed by atoms with Gasteiger partial charge < -0.3 is 20.9 Å². The van der Waals surface area contributed by atoms with E-state index in [1.807, 2.05) is 0 Å². The van der Waals surface area contributed by atoms with Crippen LogP contribution in [0.15, 0.2) is 0 Å². The zero-order chi connectivity index (χ0) is 12.3. The number of nitrogens with one attached hydrogen (secondary N) is 1. The highest BCUT2D eigenvalue weighted by atomic mass is 16.6. The van der Waals surface area contributed by atoms with E-state index < -0.39 is 0 Å². The Balaban J connectivity index is 1.66. The topological polar surface area (TPSA) is 84.6 Å². The number of hydrogen-bond donors (Lipinski definition) is 3. The number of nitrogens with two attached hydrogens (primary N) is 1. The highest BCUT2D eigenvalue weighted by Gasteiger charge is 2.29. The van der Waals surface area contributed by atoms with E-state index in [0.717, 1.165) is 38.5 Å². The fourth-order valence-corrected chi connectivity index (χ4v) is 2.83. The average Bonchev–Trinajstić information content (AvgIpc) is 2.70. The zero-order valence-corrected chi connectivity index (χ0v) is 10.1. The maximum atomic E-state index is 10.8. The molecule has 1 aliphatic carbocycles. The largest absolute Gasteiger partial charge is 0.444 e. The van der Waals surface area contributed by atoms with Crippen LogP contribution in [0.2, 0.25) is 0 Å². The second-order valence-corrected chi connectivity index (χ2v) is 5.17. The van der Waals surface area contributed by atoms with Gasteiger partial charge in [0.05, 0.1) is 12.6 Å². The minimum Gasteiger partial charge on any atom is -0.444 e. The number of cyclic esters (lactones) is 1. The van der Waals surface area contributed by atoms with E-state index in [2.05, 4.69) is 5.32 Å². The smallest absolute Gasteiger partial charge is 0.407 e. The molecule has 1 amide bonds. The fraction of sp³-hybridized carbons (Fsp3) is 0.917. The van der Waals surface area contributed by atoms with Crippen molar-refractivity contribution >= 4 is 6.09 Å². The van der Waals surface area contributed by atoms with Gasteiger partial charge in [-0.25, -0.2) is 4.79 Å². The molecule has 1 saturated carbocycles. The molecule has 1 aliphatic heterocycles. The molecule has 2 aliphatic rings. The predicted octanol–water partition coefficient (Wildman–Crippen LogP) is 0.753. The Labute approximate surface area is 102 Å². The van der Waals surface area contributed by atoms with Crippen LogP contribution in [-0.4, -0.2) is 36.0 Å². The first kappa shape index (κ1) is 12.6. The molecule has 4 unspecified atom stereocenters. The Morgan fingerprint density at radius 3 is 2.94 bits per heavy atom. The molecule has 17 heavy (non-hydrogen) atoms. The Morgan fingerprint density at radius 2 is 2.24 bits per heavy atom. The normalized spacial score (nSPS) is 37.6. The summed E-state index contributed by atoms with van der Waals surface area (Å²) in [7, 11) is 0. The van der Waals surface area contributed by atoms with Crippen LogP contribution in [-0.2, 0) is 4.74 Å². The number of carbonyl (C=O) groups excluding carboxylic acids is 1. The van der Waals surface area contributed by atoms with Gasteiger partial charge in [-0.1, -0.05) is 6.42 Å². The van der Waals surface area contributed by atoms with Crippen molar-refractivity contribution in [3.8, 4) is 0 Å². The van der Waals surface area contributed by atoms with Crippen molar-refractivity contribution in [3.63, 3.8) is 0 Å². The zero-order valence-electron chi connectivity index (χ0n) is 10.1.